The molecule has 0 heterocycles. The van der Waals surface area contributed by atoms with E-state index in [9.17, 15) is 4.79 Å². The maximum Gasteiger partial charge on any atom is 0.126 e. The van der Waals surface area contributed by atoms with Gasteiger partial charge in [0.05, 0.1) is 5.60 Å². The van der Waals surface area contributed by atoms with Gasteiger partial charge in [-0.05, 0) is 34.6 Å². The highest BCUT2D eigenvalue weighted by Gasteiger charge is 1.97. The molecule has 2 nitrogen and oxygen atoms in total. The zero-order chi connectivity index (χ0) is 8.08. The molecule has 0 aromatic heterocycles. The number of hydrogen-bond acceptors (Lipinski definition) is 2. The minimum atomic E-state index is -0.500. The van der Waals surface area contributed by atoms with Crippen molar-refractivity contribution in [2.45, 2.75) is 40.2 Å². The lowest BCUT2D eigenvalue weighted by Gasteiger charge is -2.04. The third-order valence-electron chi connectivity index (χ3n) is 0. The molecule has 0 aliphatic carbocycles. The van der Waals surface area contributed by atoms with Crippen LogP contribution < -0.4 is 0 Å². The van der Waals surface area contributed by atoms with Crippen molar-refractivity contribution in [2.75, 3.05) is 0 Å². The van der Waals surface area contributed by atoms with Gasteiger partial charge < -0.3 is 9.90 Å². The Morgan fingerprint density at radius 2 is 1.22 bits per heavy atom. The molecule has 0 aromatic carbocycles. The van der Waals surface area contributed by atoms with E-state index in [2.05, 4.69) is 0 Å². The van der Waals surface area contributed by atoms with E-state index in [1.807, 2.05) is 0 Å². The van der Waals surface area contributed by atoms with Crippen molar-refractivity contribution in [2.24, 2.45) is 0 Å². The van der Waals surface area contributed by atoms with Crippen LogP contribution in [0.3, 0.4) is 0 Å². The number of hydrogen-bond donors (Lipinski definition) is 1. The Labute approximate surface area is 56.9 Å². The second-order valence-corrected chi connectivity index (χ2v) is 3.08. The standard InChI is InChI=1S/C4H10O.C3H6O/c1-4(2,3)5;1-3(2)4/h5H,1-3H3;1-2H3. The van der Waals surface area contributed by atoms with E-state index >= 15 is 0 Å². The van der Waals surface area contributed by atoms with Crippen molar-refractivity contribution in [1.82, 2.24) is 0 Å². The van der Waals surface area contributed by atoms with Gasteiger partial charge >= 0.3 is 0 Å². The average Bonchev–Trinajstić information content (AvgIpc) is 1.19. The van der Waals surface area contributed by atoms with Crippen LogP contribution in [-0.4, -0.2) is 16.5 Å². The van der Waals surface area contributed by atoms with Crippen molar-refractivity contribution >= 4 is 5.78 Å². The van der Waals surface area contributed by atoms with Gasteiger partial charge in [-0.1, -0.05) is 0 Å². The van der Waals surface area contributed by atoms with Gasteiger partial charge in [0.2, 0.25) is 0 Å². The monoisotopic (exact) mass is 132 g/mol. The zero-order valence-electron chi connectivity index (χ0n) is 6.86. The third kappa shape index (κ3) is 1770. The van der Waals surface area contributed by atoms with Crippen molar-refractivity contribution in [3.05, 3.63) is 0 Å². The van der Waals surface area contributed by atoms with Crippen molar-refractivity contribution < 1.29 is 9.90 Å². The van der Waals surface area contributed by atoms with Gasteiger partial charge in [-0.15, -0.1) is 0 Å². The second kappa shape index (κ2) is 4.50. The molecule has 0 radical (unpaired) electrons. The van der Waals surface area contributed by atoms with Crippen LogP contribution in [0, 0.1) is 0 Å². The van der Waals surface area contributed by atoms with Gasteiger partial charge in [0.15, 0.2) is 0 Å². The first-order valence-electron chi connectivity index (χ1n) is 2.93. The number of rotatable bonds is 0. The summed E-state index contributed by atoms with van der Waals surface area (Å²) < 4.78 is 0. The largest absolute Gasteiger partial charge is 0.391 e. The molecule has 0 aliphatic rings. The van der Waals surface area contributed by atoms with Crippen molar-refractivity contribution in [3.8, 4) is 0 Å². The summed E-state index contributed by atoms with van der Waals surface area (Å²) in [6, 6.07) is 0. The third-order valence-corrected chi connectivity index (χ3v) is 0. The highest BCUT2D eigenvalue weighted by atomic mass is 16.3. The van der Waals surface area contributed by atoms with E-state index in [0.717, 1.165) is 0 Å². The highest BCUT2D eigenvalue weighted by molar-refractivity contribution is 5.72. The van der Waals surface area contributed by atoms with Crippen molar-refractivity contribution in [3.63, 3.8) is 0 Å². The Hall–Kier alpha value is -0.370. The van der Waals surface area contributed by atoms with Crippen LogP contribution in [0.25, 0.3) is 0 Å². The van der Waals surface area contributed by atoms with E-state index in [1.165, 1.54) is 13.8 Å². The van der Waals surface area contributed by atoms with Crippen LogP contribution in [0.2, 0.25) is 0 Å². The lowest BCUT2D eigenvalue weighted by atomic mass is 10.2. The predicted octanol–water partition coefficient (Wildman–Crippen LogP) is 1.37. The van der Waals surface area contributed by atoms with Gasteiger partial charge in [0.1, 0.15) is 5.78 Å². The lowest BCUT2D eigenvalue weighted by molar-refractivity contribution is -0.114. The van der Waals surface area contributed by atoms with Gasteiger partial charge in [-0.2, -0.15) is 0 Å². The van der Waals surface area contributed by atoms with Gasteiger partial charge in [0.25, 0.3) is 0 Å². The molecule has 2 heteroatoms. The molecule has 0 fully saturated rings. The van der Waals surface area contributed by atoms with Crippen LogP contribution in [0.5, 0.6) is 0 Å². The first-order chi connectivity index (χ1) is 3.73. The normalized spacial score (nSPS) is 9.56. The molecule has 0 aromatic rings. The fourth-order valence-corrected chi connectivity index (χ4v) is 0. The maximum absolute atomic E-state index is 9.44. The minimum absolute atomic E-state index is 0.167. The minimum Gasteiger partial charge on any atom is -0.391 e. The molecule has 0 saturated heterocycles. The lowest BCUT2D eigenvalue weighted by Crippen LogP contribution is -2.10. The summed E-state index contributed by atoms with van der Waals surface area (Å²) >= 11 is 0. The molecule has 9 heavy (non-hydrogen) atoms. The number of Topliss-reactive ketones (excluding diaryl/α,β-unsaturated/α-hetero) is 1. The first kappa shape index (κ1) is 11.4. The van der Waals surface area contributed by atoms with Crippen LogP contribution >= 0.6 is 0 Å². The van der Waals surface area contributed by atoms with E-state index in [4.69, 9.17) is 5.11 Å². The van der Waals surface area contributed by atoms with Crippen LogP contribution in [-0.2, 0) is 4.79 Å². The molecule has 0 aliphatic heterocycles. The van der Waals surface area contributed by atoms with Gasteiger partial charge in [-0.3, -0.25) is 0 Å². The van der Waals surface area contributed by atoms with E-state index < -0.39 is 5.60 Å². The number of ketones is 1. The Balaban J connectivity index is 0. The SMILES string of the molecule is CC(C)(C)O.CC(C)=O. The predicted molar refractivity (Wildman–Crippen MR) is 38.3 cm³/mol. The summed E-state index contributed by atoms with van der Waals surface area (Å²) in [7, 11) is 0. The summed E-state index contributed by atoms with van der Waals surface area (Å²) in [5.41, 5.74) is -0.500. The fourth-order valence-electron chi connectivity index (χ4n) is 0. The Bertz CT molecular complexity index is 69.4. The number of carbonyl (C=O) groups excluding carboxylic acids is 1. The quantitative estimate of drug-likeness (QED) is 0.540. The van der Waals surface area contributed by atoms with Crippen molar-refractivity contribution in [1.29, 1.82) is 0 Å². The molecular formula is C7H16O2. The molecule has 0 atom stereocenters. The van der Waals surface area contributed by atoms with Crippen LogP contribution in [0.1, 0.15) is 34.6 Å². The van der Waals surface area contributed by atoms with E-state index in [0.29, 0.717) is 0 Å². The highest BCUT2D eigenvalue weighted by Crippen LogP contribution is 1.93. The molecule has 0 rings (SSSR count). The Kier molecular flexibility index (Phi) is 5.72. The smallest absolute Gasteiger partial charge is 0.126 e. The molecule has 1 N–H and O–H groups in total. The molecule has 0 saturated carbocycles. The summed E-state index contributed by atoms with van der Waals surface area (Å²) in [5, 5.41) is 8.52. The van der Waals surface area contributed by atoms with Crippen LogP contribution in [0.15, 0.2) is 0 Å². The maximum atomic E-state index is 9.44. The molecule has 0 bridgehead atoms. The topological polar surface area (TPSA) is 37.3 Å². The zero-order valence-corrected chi connectivity index (χ0v) is 6.86. The molecule has 0 unspecified atom stereocenters. The number of aliphatic hydroxyl groups is 1. The summed E-state index contributed by atoms with van der Waals surface area (Å²) in [5.74, 6) is 0.167. The molecule has 0 spiro atoms. The molecule has 56 valence electrons. The molecular weight excluding hydrogens is 116 g/mol. The van der Waals surface area contributed by atoms with Gasteiger partial charge in [0, 0.05) is 0 Å². The first-order valence-corrected chi connectivity index (χ1v) is 2.93. The number of carbonyl (C=O) groups is 1. The van der Waals surface area contributed by atoms with E-state index in [-0.39, 0.29) is 5.78 Å². The van der Waals surface area contributed by atoms with E-state index in [1.54, 1.807) is 20.8 Å². The Morgan fingerprint density at radius 3 is 1.22 bits per heavy atom. The average molecular weight is 132 g/mol. The van der Waals surface area contributed by atoms with Crippen LogP contribution in [0.4, 0.5) is 0 Å². The summed E-state index contributed by atoms with van der Waals surface area (Å²) in [6.45, 7) is 8.28. The Morgan fingerprint density at radius 1 is 1.22 bits per heavy atom. The summed E-state index contributed by atoms with van der Waals surface area (Å²) in [4.78, 5) is 9.44. The summed E-state index contributed by atoms with van der Waals surface area (Å²) in [6.07, 6.45) is 0. The second-order valence-electron chi connectivity index (χ2n) is 3.08. The van der Waals surface area contributed by atoms with Gasteiger partial charge in [-0.25, -0.2) is 0 Å². The molecule has 0 amide bonds. The fraction of sp³-hybridized carbons (Fsp3) is 0.857.